The predicted octanol–water partition coefficient (Wildman–Crippen LogP) is 5.26. The van der Waals surface area contributed by atoms with Crippen molar-refractivity contribution < 1.29 is 24.0 Å². The Labute approximate surface area is 212 Å². The van der Waals surface area contributed by atoms with Crippen LogP contribution >= 0.6 is 27.5 Å². The van der Waals surface area contributed by atoms with Crippen LogP contribution in [0, 0.1) is 10.1 Å². The number of urea groups is 1. The van der Waals surface area contributed by atoms with Crippen molar-refractivity contribution in [3.8, 4) is 5.75 Å². The summed E-state index contributed by atoms with van der Waals surface area (Å²) in [5, 5.41) is 13.1. The van der Waals surface area contributed by atoms with E-state index in [9.17, 15) is 24.5 Å². The monoisotopic (exact) mass is 555 g/mol. The van der Waals surface area contributed by atoms with Gasteiger partial charge in [-0.05, 0) is 69.5 Å². The number of halogens is 2. The SMILES string of the molecule is O=C1NC(=O)N(c2ccccc2Cl)C(=O)/C1=C/c1ccc(OCc2ccc([N+](=O)[O-])cc2)c(Br)c1. The molecule has 3 aromatic carbocycles. The van der Waals surface area contributed by atoms with Crippen molar-refractivity contribution in [1.82, 2.24) is 5.32 Å². The summed E-state index contributed by atoms with van der Waals surface area (Å²) in [6.45, 7) is 0.173. The maximum absolute atomic E-state index is 13.0. The van der Waals surface area contributed by atoms with Gasteiger partial charge in [-0.15, -0.1) is 0 Å². The molecule has 0 atom stereocenters. The number of nitro groups is 1. The number of rotatable bonds is 6. The van der Waals surface area contributed by atoms with Gasteiger partial charge in [-0.3, -0.25) is 25.0 Å². The van der Waals surface area contributed by atoms with Crippen LogP contribution in [0.3, 0.4) is 0 Å². The van der Waals surface area contributed by atoms with E-state index in [0.717, 1.165) is 10.5 Å². The Balaban J connectivity index is 1.53. The number of para-hydroxylation sites is 1. The van der Waals surface area contributed by atoms with Gasteiger partial charge in [0.15, 0.2) is 0 Å². The third kappa shape index (κ3) is 5.23. The van der Waals surface area contributed by atoms with Crippen molar-refractivity contribution in [3.63, 3.8) is 0 Å². The molecule has 35 heavy (non-hydrogen) atoms. The Morgan fingerprint density at radius 2 is 1.77 bits per heavy atom. The molecule has 0 radical (unpaired) electrons. The van der Waals surface area contributed by atoms with Crippen molar-refractivity contribution >= 4 is 62.8 Å². The van der Waals surface area contributed by atoms with Crippen LogP contribution in [0.5, 0.6) is 5.75 Å². The van der Waals surface area contributed by atoms with Gasteiger partial charge in [-0.2, -0.15) is 0 Å². The number of nitrogens with one attached hydrogen (secondary N) is 1. The van der Waals surface area contributed by atoms with Gasteiger partial charge in [0, 0.05) is 12.1 Å². The molecule has 0 bridgehead atoms. The second kappa shape index (κ2) is 10.1. The lowest BCUT2D eigenvalue weighted by Gasteiger charge is -2.27. The lowest BCUT2D eigenvalue weighted by molar-refractivity contribution is -0.384. The first-order valence-electron chi connectivity index (χ1n) is 10.1. The van der Waals surface area contributed by atoms with Gasteiger partial charge in [0.2, 0.25) is 0 Å². The summed E-state index contributed by atoms with van der Waals surface area (Å²) in [5.74, 6) is -1.14. The molecular formula is C24H15BrClN3O6. The van der Waals surface area contributed by atoms with Crippen LogP contribution in [-0.4, -0.2) is 22.8 Å². The zero-order chi connectivity index (χ0) is 25.1. The fourth-order valence-electron chi connectivity index (χ4n) is 3.27. The fraction of sp³-hybridized carbons (Fsp3) is 0.0417. The maximum Gasteiger partial charge on any atom is 0.335 e. The van der Waals surface area contributed by atoms with Crippen molar-refractivity contribution in [2.24, 2.45) is 0 Å². The quantitative estimate of drug-likeness (QED) is 0.192. The largest absolute Gasteiger partial charge is 0.488 e. The molecule has 0 spiro atoms. The topological polar surface area (TPSA) is 119 Å². The normalized spacial score (nSPS) is 14.7. The number of amides is 4. The molecule has 11 heteroatoms. The molecule has 0 saturated carbocycles. The first kappa shape index (κ1) is 24.1. The standard InChI is InChI=1S/C24H15BrClN3O6/c25-18-12-15(7-10-21(18)35-13-14-5-8-16(9-6-14)29(33)34)11-17-22(30)27-24(32)28(23(17)31)20-4-2-1-3-19(20)26/h1-12H,13H2,(H,27,30,32)/b17-11+. The molecule has 4 rings (SSSR count). The molecule has 1 aliphatic heterocycles. The van der Waals surface area contributed by atoms with Gasteiger partial charge in [-0.25, -0.2) is 9.69 Å². The van der Waals surface area contributed by atoms with E-state index in [1.54, 1.807) is 42.5 Å². The van der Waals surface area contributed by atoms with Crippen molar-refractivity contribution in [2.45, 2.75) is 6.61 Å². The van der Waals surface area contributed by atoms with Crippen LogP contribution in [0.25, 0.3) is 6.08 Å². The molecule has 1 fully saturated rings. The molecule has 0 aliphatic carbocycles. The number of hydrogen-bond acceptors (Lipinski definition) is 6. The number of hydrogen-bond donors (Lipinski definition) is 1. The third-order valence-electron chi connectivity index (χ3n) is 5.00. The van der Waals surface area contributed by atoms with Crippen LogP contribution in [0.15, 0.2) is 76.8 Å². The average molecular weight is 557 g/mol. The number of carbonyl (C=O) groups excluding carboxylic acids is 3. The van der Waals surface area contributed by atoms with Crippen LogP contribution in [-0.2, 0) is 16.2 Å². The molecule has 1 aliphatic rings. The summed E-state index contributed by atoms with van der Waals surface area (Å²) in [4.78, 5) is 48.9. The highest BCUT2D eigenvalue weighted by Crippen LogP contribution is 2.31. The molecular weight excluding hydrogens is 542 g/mol. The summed E-state index contributed by atoms with van der Waals surface area (Å²) in [6.07, 6.45) is 1.36. The highest BCUT2D eigenvalue weighted by molar-refractivity contribution is 9.10. The molecule has 0 unspecified atom stereocenters. The van der Waals surface area contributed by atoms with E-state index in [-0.39, 0.29) is 28.6 Å². The molecule has 1 heterocycles. The number of benzene rings is 3. The van der Waals surface area contributed by atoms with Crippen LogP contribution < -0.4 is 15.0 Å². The summed E-state index contributed by atoms with van der Waals surface area (Å²) in [6, 6.07) is 16.3. The second-order valence-electron chi connectivity index (χ2n) is 7.31. The van der Waals surface area contributed by atoms with Crippen LogP contribution in [0.4, 0.5) is 16.2 Å². The van der Waals surface area contributed by atoms with Gasteiger partial charge in [0.25, 0.3) is 17.5 Å². The molecule has 1 saturated heterocycles. The van der Waals surface area contributed by atoms with Crippen molar-refractivity contribution in [1.29, 1.82) is 0 Å². The minimum absolute atomic E-state index is 0.0107. The summed E-state index contributed by atoms with van der Waals surface area (Å²) >= 11 is 9.54. The summed E-state index contributed by atoms with van der Waals surface area (Å²) in [5.41, 5.74) is 1.15. The molecule has 0 aromatic heterocycles. The lowest BCUT2D eigenvalue weighted by atomic mass is 10.1. The predicted molar refractivity (Wildman–Crippen MR) is 132 cm³/mol. The van der Waals surface area contributed by atoms with E-state index in [2.05, 4.69) is 21.2 Å². The van der Waals surface area contributed by atoms with E-state index in [4.69, 9.17) is 16.3 Å². The van der Waals surface area contributed by atoms with Crippen LogP contribution in [0.2, 0.25) is 5.02 Å². The number of non-ortho nitro benzene ring substituents is 1. The Morgan fingerprint density at radius 3 is 2.43 bits per heavy atom. The second-order valence-corrected chi connectivity index (χ2v) is 8.57. The number of nitro benzene ring substituents is 1. The minimum atomic E-state index is -0.888. The van der Waals surface area contributed by atoms with E-state index in [1.165, 1.54) is 30.3 Å². The fourth-order valence-corrected chi connectivity index (χ4v) is 4.01. The molecule has 176 valence electrons. The average Bonchev–Trinajstić information content (AvgIpc) is 2.82. The Morgan fingerprint density at radius 1 is 1.06 bits per heavy atom. The van der Waals surface area contributed by atoms with Gasteiger partial charge in [0.1, 0.15) is 17.9 Å². The Kier molecular flexibility index (Phi) is 6.94. The number of nitrogens with zero attached hydrogens (tertiary/aromatic N) is 2. The van der Waals surface area contributed by atoms with Crippen molar-refractivity contribution in [3.05, 3.63) is 103 Å². The molecule has 9 nitrogen and oxygen atoms in total. The number of imide groups is 2. The van der Waals surface area contributed by atoms with E-state index >= 15 is 0 Å². The number of ether oxygens (including phenoxy) is 1. The van der Waals surface area contributed by atoms with Gasteiger partial charge >= 0.3 is 6.03 Å². The number of barbiturate groups is 1. The zero-order valence-electron chi connectivity index (χ0n) is 17.7. The molecule has 1 N–H and O–H groups in total. The van der Waals surface area contributed by atoms with E-state index in [1.807, 2.05) is 0 Å². The van der Waals surface area contributed by atoms with Crippen LogP contribution in [0.1, 0.15) is 11.1 Å². The minimum Gasteiger partial charge on any atom is -0.488 e. The smallest absolute Gasteiger partial charge is 0.335 e. The lowest BCUT2D eigenvalue weighted by Crippen LogP contribution is -2.54. The van der Waals surface area contributed by atoms with Crippen molar-refractivity contribution in [2.75, 3.05) is 4.90 Å². The highest BCUT2D eigenvalue weighted by Gasteiger charge is 2.37. The summed E-state index contributed by atoms with van der Waals surface area (Å²) < 4.78 is 6.31. The zero-order valence-corrected chi connectivity index (χ0v) is 20.1. The van der Waals surface area contributed by atoms with Gasteiger partial charge < -0.3 is 4.74 Å². The molecule has 3 aromatic rings. The Hall–Kier alpha value is -4.02. The van der Waals surface area contributed by atoms with Gasteiger partial charge in [0.05, 0.1) is 20.1 Å². The maximum atomic E-state index is 13.0. The van der Waals surface area contributed by atoms with E-state index in [0.29, 0.717) is 15.8 Å². The number of carbonyl (C=O) groups is 3. The number of anilines is 1. The first-order chi connectivity index (χ1) is 16.7. The Bertz CT molecular complexity index is 1390. The summed E-state index contributed by atoms with van der Waals surface area (Å²) in [7, 11) is 0. The highest BCUT2D eigenvalue weighted by atomic mass is 79.9. The third-order valence-corrected chi connectivity index (χ3v) is 5.94. The molecule has 4 amide bonds. The first-order valence-corrected chi connectivity index (χ1v) is 11.2. The van der Waals surface area contributed by atoms with Gasteiger partial charge in [-0.1, -0.05) is 29.8 Å². The van der Waals surface area contributed by atoms with E-state index < -0.39 is 22.8 Å².